The molecule has 0 radical (unpaired) electrons. The van der Waals surface area contributed by atoms with Crippen molar-refractivity contribution >= 4 is 16.8 Å². The fourth-order valence-electron chi connectivity index (χ4n) is 2.68. The van der Waals surface area contributed by atoms with Crippen molar-refractivity contribution < 1.29 is 4.42 Å². The first-order valence-corrected chi connectivity index (χ1v) is 6.45. The highest BCUT2D eigenvalue weighted by Crippen LogP contribution is 2.30. The van der Waals surface area contributed by atoms with Crippen LogP contribution in [0.2, 0.25) is 0 Å². The molecule has 0 bridgehead atoms. The first-order valence-electron chi connectivity index (χ1n) is 6.45. The van der Waals surface area contributed by atoms with Gasteiger partial charge in [0.25, 0.3) is 0 Å². The number of fused-ring (bicyclic) bond motifs is 1. The summed E-state index contributed by atoms with van der Waals surface area (Å²) in [5.74, 6) is 0.783. The van der Waals surface area contributed by atoms with E-state index in [1.54, 1.807) is 0 Å². The standard InChI is InChI=1S/C14H19N3O/c1-14(2)6-3-7-17(14)9-13-16-11-8-10(15)4-5-12(11)18-13/h4-5,8H,3,6-7,9,15H2,1-2H3. The van der Waals surface area contributed by atoms with E-state index in [9.17, 15) is 0 Å². The van der Waals surface area contributed by atoms with Crippen LogP contribution in [-0.2, 0) is 6.54 Å². The van der Waals surface area contributed by atoms with Gasteiger partial charge in [-0.15, -0.1) is 0 Å². The van der Waals surface area contributed by atoms with E-state index in [0.29, 0.717) is 0 Å². The highest BCUT2D eigenvalue weighted by Gasteiger charge is 2.32. The molecule has 3 rings (SSSR count). The predicted octanol–water partition coefficient (Wildman–Crippen LogP) is 2.78. The molecule has 2 N–H and O–H groups in total. The Kier molecular flexibility index (Phi) is 2.55. The third-order valence-corrected chi connectivity index (χ3v) is 3.85. The van der Waals surface area contributed by atoms with Gasteiger partial charge in [0.05, 0.1) is 6.54 Å². The smallest absolute Gasteiger partial charge is 0.209 e. The summed E-state index contributed by atoms with van der Waals surface area (Å²) in [5, 5.41) is 0. The van der Waals surface area contributed by atoms with E-state index >= 15 is 0 Å². The third-order valence-electron chi connectivity index (χ3n) is 3.85. The number of nitrogen functional groups attached to an aromatic ring is 1. The number of hydrogen-bond donors (Lipinski definition) is 1. The zero-order valence-corrected chi connectivity index (χ0v) is 10.9. The first-order chi connectivity index (χ1) is 8.54. The Morgan fingerprint density at radius 2 is 2.28 bits per heavy atom. The minimum absolute atomic E-state index is 0.250. The Bertz CT molecular complexity index is 573. The zero-order valence-electron chi connectivity index (χ0n) is 10.9. The van der Waals surface area contributed by atoms with Gasteiger partial charge < -0.3 is 10.2 Å². The minimum atomic E-state index is 0.250. The molecule has 1 aliphatic heterocycles. The van der Waals surface area contributed by atoms with Crippen LogP contribution in [0.5, 0.6) is 0 Å². The second-order valence-corrected chi connectivity index (χ2v) is 5.67. The van der Waals surface area contributed by atoms with E-state index in [4.69, 9.17) is 10.2 Å². The van der Waals surface area contributed by atoms with Crippen molar-refractivity contribution in [2.75, 3.05) is 12.3 Å². The van der Waals surface area contributed by atoms with Gasteiger partial charge in [0, 0.05) is 11.2 Å². The van der Waals surface area contributed by atoms with Crippen molar-refractivity contribution in [2.24, 2.45) is 0 Å². The second kappa shape index (κ2) is 3.99. The van der Waals surface area contributed by atoms with Gasteiger partial charge in [-0.25, -0.2) is 4.98 Å². The average molecular weight is 245 g/mol. The van der Waals surface area contributed by atoms with Crippen LogP contribution >= 0.6 is 0 Å². The lowest BCUT2D eigenvalue weighted by atomic mass is 10.0. The summed E-state index contributed by atoms with van der Waals surface area (Å²) in [6, 6.07) is 5.59. The van der Waals surface area contributed by atoms with Gasteiger partial charge >= 0.3 is 0 Å². The zero-order chi connectivity index (χ0) is 12.8. The van der Waals surface area contributed by atoms with E-state index in [0.717, 1.165) is 35.8 Å². The van der Waals surface area contributed by atoms with Crippen molar-refractivity contribution in [1.29, 1.82) is 0 Å². The minimum Gasteiger partial charge on any atom is -0.439 e. The van der Waals surface area contributed by atoms with Gasteiger partial charge in [0.1, 0.15) is 5.52 Å². The lowest BCUT2D eigenvalue weighted by Crippen LogP contribution is -2.37. The number of nitrogens with zero attached hydrogens (tertiary/aromatic N) is 2. The summed E-state index contributed by atoms with van der Waals surface area (Å²) in [6.45, 7) is 6.46. The maximum absolute atomic E-state index is 5.77. The summed E-state index contributed by atoms with van der Waals surface area (Å²) in [6.07, 6.45) is 2.49. The highest BCUT2D eigenvalue weighted by molar-refractivity contribution is 5.76. The summed E-state index contributed by atoms with van der Waals surface area (Å²) in [7, 11) is 0. The molecule has 4 heteroatoms. The van der Waals surface area contributed by atoms with Crippen LogP contribution in [0.25, 0.3) is 11.1 Å². The SMILES string of the molecule is CC1(C)CCCN1Cc1nc2cc(N)ccc2o1. The number of hydrogen-bond acceptors (Lipinski definition) is 4. The lowest BCUT2D eigenvalue weighted by Gasteiger charge is -2.30. The summed E-state index contributed by atoms with van der Waals surface area (Å²) in [5.41, 5.74) is 8.39. The van der Waals surface area contributed by atoms with Crippen LogP contribution in [0.3, 0.4) is 0 Å². The van der Waals surface area contributed by atoms with E-state index in [1.165, 1.54) is 12.8 Å². The van der Waals surface area contributed by atoms with Crippen molar-refractivity contribution in [3.63, 3.8) is 0 Å². The second-order valence-electron chi connectivity index (χ2n) is 5.67. The molecule has 96 valence electrons. The van der Waals surface area contributed by atoms with Crippen molar-refractivity contribution in [2.45, 2.75) is 38.8 Å². The highest BCUT2D eigenvalue weighted by atomic mass is 16.3. The lowest BCUT2D eigenvalue weighted by molar-refractivity contribution is 0.152. The molecule has 1 aliphatic rings. The molecule has 1 aromatic heterocycles. The Hall–Kier alpha value is -1.55. The first kappa shape index (κ1) is 11.5. The average Bonchev–Trinajstić information content (AvgIpc) is 2.82. The summed E-state index contributed by atoms with van der Waals surface area (Å²) >= 11 is 0. The van der Waals surface area contributed by atoms with Crippen LogP contribution in [0.1, 0.15) is 32.6 Å². The molecule has 4 nitrogen and oxygen atoms in total. The Morgan fingerprint density at radius 3 is 3.00 bits per heavy atom. The van der Waals surface area contributed by atoms with Gasteiger partial charge in [-0.05, 0) is 51.4 Å². The molecule has 1 aromatic carbocycles. The predicted molar refractivity (Wildman–Crippen MR) is 72.1 cm³/mol. The topological polar surface area (TPSA) is 55.3 Å². The van der Waals surface area contributed by atoms with Gasteiger partial charge in [0.2, 0.25) is 5.89 Å². The maximum Gasteiger partial charge on any atom is 0.209 e. The van der Waals surface area contributed by atoms with Gasteiger partial charge in [-0.3, -0.25) is 4.90 Å². The fourth-order valence-corrected chi connectivity index (χ4v) is 2.68. The van der Waals surface area contributed by atoms with Crippen LogP contribution in [0.15, 0.2) is 22.6 Å². The number of likely N-dealkylation sites (tertiary alicyclic amines) is 1. The number of rotatable bonds is 2. The summed E-state index contributed by atoms with van der Waals surface area (Å²) in [4.78, 5) is 6.95. The molecule has 2 aromatic rings. The molecule has 0 spiro atoms. The Balaban J connectivity index is 1.87. The van der Waals surface area contributed by atoms with Crippen molar-refractivity contribution in [3.8, 4) is 0 Å². The Morgan fingerprint density at radius 1 is 1.44 bits per heavy atom. The maximum atomic E-state index is 5.77. The molecular weight excluding hydrogens is 226 g/mol. The Labute approximate surface area is 107 Å². The van der Waals surface area contributed by atoms with E-state index in [-0.39, 0.29) is 5.54 Å². The van der Waals surface area contributed by atoms with Crippen LogP contribution < -0.4 is 5.73 Å². The number of anilines is 1. The largest absolute Gasteiger partial charge is 0.439 e. The van der Waals surface area contributed by atoms with Crippen LogP contribution in [0.4, 0.5) is 5.69 Å². The van der Waals surface area contributed by atoms with Gasteiger partial charge in [-0.1, -0.05) is 0 Å². The van der Waals surface area contributed by atoms with E-state index < -0.39 is 0 Å². The van der Waals surface area contributed by atoms with Crippen LogP contribution in [-0.4, -0.2) is 22.0 Å². The third kappa shape index (κ3) is 1.97. The number of nitrogens with two attached hydrogens (primary N) is 1. The van der Waals surface area contributed by atoms with Crippen LogP contribution in [0, 0.1) is 0 Å². The molecule has 2 heterocycles. The normalized spacial score (nSPS) is 19.7. The monoisotopic (exact) mass is 245 g/mol. The molecule has 0 atom stereocenters. The van der Waals surface area contributed by atoms with Crippen molar-refractivity contribution in [1.82, 2.24) is 9.88 Å². The fraction of sp³-hybridized carbons (Fsp3) is 0.500. The van der Waals surface area contributed by atoms with E-state index in [1.807, 2.05) is 18.2 Å². The van der Waals surface area contributed by atoms with Gasteiger partial charge in [-0.2, -0.15) is 0 Å². The number of oxazole rings is 1. The van der Waals surface area contributed by atoms with Gasteiger partial charge in [0.15, 0.2) is 5.58 Å². The molecular formula is C14H19N3O. The quantitative estimate of drug-likeness (QED) is 0.827. The molecule has 0 amide bonds. The molecule has 0 saturated carbocycles. The molecule has 0 aliphatic carbocycles. The summed E-state index contributed by atoms with van der Waals surface area (Å²) < 4.78 is 5.77. The number of benzene rings is 1. The molecule has 1 saturated heterocycles. The molecule has 18 heavy (non-hydrogen) atoms. The molecule has 1 fully saturated rings. The number of aromatic nitrogens is 1. The molecule has 0 unspecified atom stereocenters. The van der Waals surface area contributed by atoms with Crippen molar-refractivity contribution in [3.05, 3.63) is 24.1 Å². The van der Waals surface area contributed by atoms with E-state index in [2.05, 4.69) is 23.7 Å².